The molecule has 0 atom stereocenters. The molecule has 0 aliphatic rings. The van der Waals surface area contributed by atoms with Crippen LogP contribution in [0.3, 0.4) is 0 Å². The van der Waals surface area contributed by atoms with Gasteiger partial charge in [-0.1, -0.05) is 23.2 Å². The fraction of sp³-hybridized carbons (Fsp3) is 0.312. The SMILES string of the molecule is CN(Cc1cnc(OCCF)c(Cl)c1)Cc1c(C=O)ccnc1Cl. The lowest BCUT2D eigenvalue weighted by molar-refractivity contribution is 0.112. The van der Waals surface area contributed by atoms with Crippen LogP contribution in [0.1, 0.15) is 21.5 Å². The zero-order valence-corrected chi connectivity index (χ0v) is 14.5. The normalized spacial score (nSPS) is 10.9. The minimum atomic E-state index is -0.604. The van der Waals surface area contributed by atoms with Crippen molar-refractivity contribution in [2.24, 2.45) is 0 Å². The van der Waals surface area contributed by atoms with Crippen LogP contribution < -0.4 is 4.74 Å². The molecule has 0 fully saturated rings. The summed E-state index contributed by atoms with van der Waals surface area (Å²) in [6, 6.07) is 3.33. The topological polar surface area (TPSA) is 55.3 Å². The number of alkyl halides is 1. The predicted octanol–water partition coefficient (Wildman–Crippen LogP) is 3.58. The van der Waals surface area contributed by atoms with E-state index in [0.717, 1.165) is 11.8 Å². The number of ether oxygens (including phenoxy) is 1. The van der Waals surface area contributed by atoms with Crippen LogP contribution in [0.5, 0.6) is 5.88 Å². The molecule has 0 N–H and O–H groups in total. The Kier molecular flexibility index (Phi) is 6.90. The van der Waals surface area contributed by atoms with Gasteiger partial charge in [0.2, 0.25) is 5.88 Å². The first kappa shape index (κ1) is 18.6. The predicted molar refractivity (Wildman–Crippen MR) is 90.5 cm³/mol. The Morgan fingerprint density at radius 3 is 2.79 bits per heavy atom. The van der Waals surface area contributed by atoms with E-state index in [1.165, 1.54) is 6.20 Å². The third-order valence-corrected chi connectivity index (χ3v) is 3.82. The second kappa shape index (κ2) is 8.92. The maximum Gasteiger partial charge on any atom is 0.232 e. The fourth-order valence-electron chi connectivity index (χ4n) is 2.18. The summed E-state index contributed by atoms with van der Waals surface area (Å²) in [6.45, 7) is 0.283. The summed E-state index contributed by atoms with van der Waals surface area (Å²) in [6.07, 6.45) is 3.86. The van der Waals surface area contributed by atoms with Crippen LogP contribution in [-0.4, -0.2) is 41.5 Å². The summed E-state index contributed by atoms with van der Waals surface area (Å²) >= 11 is 12.1. The number of pyridine rings is 2. The number of rotatable bonds is 8. The molecule has 8 heteroatoms. The summed E-state index contributed by atoms with van der Waals surface area (Å²) in [5.41, 5.74) is 2.02. The minimum Gasteiger partial charge on any atom is -0.474 e. The molecule has 2 heterocycles. The van der Waals surface area contributed by atoms with Crippen molar-refractivity contribution in [1.29, 1.82) is 0 Å². The number of aldehydes is 1. The molecule has 0 aromatic carbocycles. The maximum absolute atomic E-state index is 12.1. The number of carbonyl (C=O) groups excluding carboxylic acids is 1. The second-order valence-corrected chi connectivity index (χ2v) is 5.89. The standard InChI is InChI=1S/C16H16Cl2FN3O2/c1-22(9-13-12(10-23)2-4-20-15(13)18)8-11-6-14(17)16(21-7-11)24-5-3-19/h2,4,6-7,10H,3,5,8-9H2,1H3. The van der Waals surface area contributed by atoms with Gasteiger partial charge < -0.3 is 4.74 Å². The van der Waals surface area contributed by atoms with Crippen molar-refractivity contribution in [2.45, 2.75) is 13.1 Å². The monoisotopic (exact) mass is 371 g/mol. The van der Waals surface area contributed by atoms with E-state index >= 15 is 0 Å². The summed E-state index contributed by atoms with van der Waals surface area (Å²) in [4.78, 5) is 21.2. The van der Waals surface area contributed by atoms with Gasteiger partial charge in [0.25, 0.3) is 0 Å². The summed E-state index contributed by atoms with van der Waals surface area (Å²) < 4.78 is 17.2. The number of carbonyl (C=O) groups is 1. The van der Waals surface area contributed by atoms with E-state index in [-0.39, 0.29) is 12.5 Å². The molecule has 5 nitrogen and oxygen atoms in total. The first-order valence-corrected chi connectivity index (χ1v) is 7.91. The minimum absolute atomic E-state index is 0.0834. The number of hydrogen-bond donors (Lipinski definition) is 0. The van der Waals surface area contributed by atoms with E-state index in [2.05, 4.69) is 9.97 Å². The van der Waals surface area contributed by atoms with Gasteiger partial charge in [0, 0.05) is 36.6 Å². The molecule has 2 rings (SSSR count). The van der Waals surface area contributed by atoms with Gasteiger partial charge in [0.1, 0.15) is 23.5 Å². The Bertz CT molecular complexity index is 716. The molecule has 0 saturated carbocycles. The van der Waals surface area contributed by atoms with Gasteiger partial charge in [-0.2, -0.15) is 0 Å². The van der Waals surface area contributed by atoms with Crippen LogP contribution in [0, 0.1) is 0 Å². The molecule has 128 valence electrons. The molecule has 0 aliphatic carbocycles. The Morgan fingerprint density at radius 1 is 1.33 bits per heavy atom. The van der Waals surface area contributed by atoms with Crippen LogP contribution in [0.15, 0.2) is 24.5 Å². The Balaban J connectivity index is 2.06. The molecule has 2 aromatic rings. The van der Waals surface area contributed by atoms with E-state index in [1.807, 2.05) is 11.9 Å². The van der Waals surface area contributed by atoms with Gasteiger partial charge in [-0.3, -0.25) is 9.69 Å². The van der Waals surface area contributed by atoms with Crippen LogP contribution >= 0.6 is 23.2 Å². The van der Waals surface area contributed by atoms with Gasteiger partial charge in [-0.15, -0.1) is 0 Å². The Labute approximate surface area is 149 Å². The average molecular weight is 372 g/mol. The molecule has 24 heavy (non-hydrogen) atoms. The van der Waals surface area contributed by atoms with E-state index in [0.29, 0.717) is 34.4 Å². The van der Waals surface area contributed by atoms with Gasteiger partial charge in [0.05, 0.1) is 0 Å². The van der Waals surface area contributed by atoms with Crippen molar-refractivity contribution in [2.75, 3.05) is 20.3 Å². The number of halogens is 3. The lowest BCUT2D eigenvalue weighted by Gasteiger charge is -2.18. The molecule has 0 saturated heterocycles. The van der Waals surface area contributed by atoms with Crippen molar-refractivity contribution in [3.63, 3.8) is 0 Å². The van der Waals surface area contributed by atoms with Gasteiger partial charge in [-0.25, -0.2) is 14.4 Å². The van der Waals surface area contributed by atoms with E-state index < -0.39 is 6.67 Å². The smallest absolute Gasteiger partial charge is 0.232 e. The van der Waals surface area contributed by atoms with Crippen LogP contribution in [-0.2, 0) is 13.1 Å². The van der Waals surface area contributed by atoms with Crippen LogP contribution in [0.25, 0.3) is 0 Å². The van der Waals surface area contributed by atoms with E-state index in [1.54, 1.807) is 18.3 Å². The summed E-state index contributed by atoms with van der Waals surface area (Å²) in [5.74, 6) is 0.208. The number of hydrogen-bond acceptors (Lipinski definition) is 5. The molecule has 0 bridgehead atoms. The Morgan fingerprint density at radius 2 is 2.12 bits per heavy atom. The molecular formula is C16H16Cl2FN3O2. The molecule has 0 spiro atoms. The fourth-order valence-corrected chi connectivity index (χ4v) is 2.65. The summed E-state index contributed by atoms with van der Waals surface area (Å²) in [5, 5.41) is 0.625. The van der Waals surface area contributed by atoms with Crippen molar-refractivity contribution in [3.05, 3.63) is 51.4 Å². The zero-order chi connectivity index (χ0) is 17.5. The third kappa shape index (κ3) is 4.87. The highest BCUT2D eigenvalue weighted by atomic mass is 35.5. The van der Waals surface area contributed by atoms with Crippen molar-refractivity contribution in [3.8, 4) is 5.88 Å². The zero-order valence-electron chi connectivity index (χ0n) is 13.0. The lowest BCUT2D eigenvalue weighted by Crippen LogP contribution is -2.19. The summed E-state index contributed by atoms with van der Waals surface area (Å²) in [7, 11) is 1.87. The highest BCUT2D eigenvalue weighted by Gasteiger charge is 2.12. The van der Waals surface area contributed by atoms with Gasteiger partial charge >= 0.3 is 0 Å². The maximum atomic E-state index is 12.1. The Hall–Kier alpha value is -1.76. The number of aromatic nitrogens is 2. The molecule has 0 aliphatic heterocycles. The van der Waals surface area contributed by atoms with E-state index in [4.69, 9.17) is 27.9 Å². The highest BCUT2D eigenvalue weighted by molar-refractivity contribution is 6.31. The number of nitrogens with zero attached hydrogens (tertiary/aromatic N) is 3. The van der Waals surface area contributed by atoms with Crippen molar-refractivity contribution < 1.29 is 13.9 Å². The van der Waals surface area contributed by atoms with Crippen LogP contribution in [0.2, 0.25) is 10.2 Å². The second-order valence-electron chi connectivity index (χ2n) is 5.13. The lowest BCUT2D eigenvalue weighted by atomic mass is 10.1. The molecule has 0 unspecified atom stereocenters. The first-order chi connectivity index (χ1) is 11.5. The van der Waals surface area contributed by atoms with Gasteiger partial charge in [0.15, 0.2) is 6.29 Å². The average Bonchev–Trinajstić information content (AvgIpc) is 2.56. The quantitative estimate of drug-likeness (QED) is 0.524. The largest absolute Gasteiger partial charge is 0.474 e. The van der Waals surface area contributed by atoms with E-state index in [9.17, 15) is 9.18 Å². The molecular weight excluding hydrogens is 356 g/mol. The molecule has 0 radical (unpaired) electrons. The molecule has 0 amide bonds. The van der Waals surface area contributed by atoms with Crippen molar-refractivity contribution >= 4 is 29.5 Å². The molecule has 2 aromatic heterocycles. The van der Waals surface area contributed by atoms with Crippen LogP contribution in [0.4, 0.5) is 4.39 Å². The van der Waals surface area contributed by atoms with Gasteiger partial charge in [-0.05, 0) is 24.7 Å². The first-order valence-electron chi connectivity index (χ1n) is 7.15. The highest BCUT2D eigenvalue weighted by Crippen LogP contribution is 2.24. The van der Waals surface area contributed by atoms with Crippen molar-refractivity contribution in [1.82, 2.24) is 14.9 Å². The third-order valence-electron chi connectivity index (χ3n) is 3.23.